The Morgan fingerprint density at radius 3 is 2.88 bits per heavy atom. The zero-order chi connectivity index (χ0) is 12.6. The average molecular weight is 240 g/mol. The molecule has 1 aromatic rings. The fraction of sp³-hybridized carbons (Fsp3) is 0.556. The van der Waals surface area contributed by atoms with Crippen molar-refractivity contribution >= 4 is 17.6 Å². The molecule has 92 valence electrons. The van der Waals surface area contributed by atoms with Gasteiger partial charge in [0.25, 0.3) is 0 Å². The second-order valence-electron chi connectivity index (χ2n) is 4.22. The third-order valence-electron chi connectivity index (χ3n) is 2.99. The van der Waals surface area contributed by atoms with E-state index in [-0.39, 0.29) is 18.2 Å². The van der Waals surface area contributed by atoms with E-state index in [1.807, 2.05) is 0 Å². The molecule has 0 aromatic carbocycles. The summed E-state index contributed by atoms with van der Waals surface area (Å²) in [6, 6.07) is 0. The monoisotopic (exact) mass is 240 g/mol. The predicted molar refractivity (Wildman–Crippen MR) is 57.7 cm³/mol. The van der Waals surface area contributed by atoms with Gasteiger partial charge >= 0.3 is 11.8 Å². The molecule has 8 nitrogen and oxygen atoms in total. The highest BCUT2D eigenvalue weighted by atomic mass is 16.6. The number of anilines is 1. The van der Waals surface area contributed by atoms with Gasteiger partial charge in [0.05, 0.1) is 5.41 Å². The van der Waals surface area contributed by atoms with Crippen molar-refractivity contribution in [2.45, 2.75) is 12.8 Å². The van der Waals surface area contributed by atoms with E-state index in [2.05, 4.69) is 10.3 Å². The van der Waals surface area contributed by atoms with Gasteiger partial charge in [0, 0.05) is 13.6 Å². The van der Waals surface area contributed by atoms with Gasteiger partial charge in [0.15, 0.2) is 0 Å². The number of hydrogen-bond acceptors (Lipinski definition) is 5. The normalized spacial score (nSPS) is 16.5. The number of nitrogens with zero attached hydrogens (tertiary/aromatic N) is 3. The molecule has 1 heterocycles. The van der Waals surface area contributed by atoms with Crippen molar-refractivity contribution in [3.63, 3.8) is 0 Å². The van der Waals surface area contributed by atoms with Crippen molar-refractivity contribution in [1.29, 1.82) is 0 Å². The van der Waals surface area contributed by atoms with Crippen molar-refractivity contribution in [3.8, 4) is 0 Å². The standard InChI is InChI=1S/C9H12N4O4/c1-12-5-11-7(13(16)17)6(12)10-4-9(2-3-9)8(14)15/h5,10H,2-4H2,1H3,(H,14,15). The fourth-order valence-electron chi connectivity index (χ4n) is 1.63. The second-order valence-corrected chi connectivity index (χ2v) is 4.22. The van der Waals surface area contributed by atoms with E-state index in [1.165, 1.54) is 10.9 Å². The molecule has 1 saturated carbocycles. The molecule has 2 rings (SSSR count). The van der Waals surface area contributed by atoms with Gasteiger partial charge in [-0.1, -0.05) is 0 Å². The van der Waals surface area contributed by atoms with E-state index in [0.29, 0.717) is 12.8 Å². The highest BCUT2D eigenvalue weighted by Crippen LogP contribution is 2.46. The summed E-state index contributed by atoms with van der Waals surface area (Å²) >= 11 is 0. The topological polar surface area (TPSA) is 110 Å². The minimum Gasteiger partial charge on any atom is -0.481 e. The molecule has 1 aliphatic carbocycles. The van der Waals surface area contributed by atoms with E-state index < -0.39 is 16.3 Å². The molecule has 8 heteroatoms. The number of nitro groups is 1. The van der Waals surface area contributed by atoms with Gasteiger partial charge in [0.2, 0.25) is 12.1 Å². The molecule has 0 amide bonds. The van der Waals surface area contributed by atoms with Crippen LogP contribution >= 0.6 is 0 Å². The molecule has 0 aliphatic heterocycles. The number of carbonyl (C=O) groups is 1. The molecule has 0 radical (unpaired) electrons. The summed E-state index contributed by atoms with van der Waals surface area (Å²) in [6.45, 7) is 0.183. The number of imidazole rings is 1. The Morgan fingerprint density at radius 2 is 2.41 bits per heavy atom. The lowest BCUT2D eigenvalue weighted by molar-refractivity contribution is -0.388. The van der Waals surface area contributed by atoms with Crippen LogP contribution in [0.1, 0.15) is 12.8 Å². The number of nitrogens with one attached hydrogen (secondary N) is 1. The summed E-state index contributed by atoms with van der Waals surface area (Å²) < 4.78 is 1.47. The highest BCUT2D eigenvalue weighted by molar-refractivity contribution is 5.78. The van der Waals surface area contributed by atoms with Crippen LogP contribution in [0.5, 0.6) is 0 Å². The highest BCUT2D eigenvalue weighted by Gasteiger charge is 2.50. The molecule has 0 bridgehead atoms. The van der Waals surface area contributed by atoms with Crippen molar-refractivity contribution in [2.24, 2.45) is 12.5 Å². The van der Waals surface area contributed by atoms with Crippen LogP contribution in [0.3, 0.4) is 0 Å². The summed E-state index contributed by atoms with van der Waals surface area (Å²) in [5.74, 6) is -0.911. The summed E-state index contributed by atoms with van der Waals surface area (Å²) in [7, 11) is 1.61. The zero-order valence-corrected chi connectivity index (χ0v) is 9.21. The van der Waals surface area contributed by atoms with E-state index in [0.717, 1.165) is 0 Å². The quantitative estimate of drug-likeness (QED) is 0.576. The van der Waals surface area contributed by atoms with Crippen LogP contribution in [-0.2, 0) is 11.8 Å². The van der Waals surface area contributed by atoms with Crippen LogP contribution in [-0.4, -0.2) is 32.1 Å². The van der Waals surface area contributed by atoms with Gasteiger partial charge in [-0.3, -0.25) is 9.36 Å². The number of carboxylic acids is 1. The average Bonchev–Trinajstić information content (AvgIpc) is 2.95. The first-order valence-electron chi connectivity index (χ1n) is 5.09. The third kappa shape index (κ3) is 1.93. The van der Waals surface area contributed by atoms with Crippen LogP contribution in [0.15, 0.2) is 6.33 Å². The van der Waals surface area contributed by atoms with Crippen LogP contribution in [0.25, 0.3) is 0 Å². The lowest BCUT2D eigenvalue weighted by Gasteiger charge is -2.11. The first-order chi connectivity index (χ1) is 7.96. The largest absolute Gasteiger partial charge is 0.481 e. The number of hydrogen-bond donors (Lipinski definition) is 2. The Morgan fingerprint density at radius 1 is 1.76 bits per heavy atom. The summed E-state index contributed by atoms with van der Waals surface area (Å²) in [5, 5.41) is 22.5. The third-order valence-corrected chi connectivity index (χ3v) is 2.99. The molecule has 0 atom stereocenters. The molecule has 1 aromatic heterocycles. The van der Waals surface area contributed by atoms with Gasteiger partial charge in [0.1, 0.15) is 0 Å². The molecule has 0 saturated heterocycles. The Bertz CT molecular complexity index is 477. The number of aliphatic carboxylic acids is 1. The SMILES string of the molecule is Cn1cnc([N+](=O)[O-])c1NCC1(C(=O)O)CC1. The summed E-state index contributed by atoms with van der Waals surface area (Å²) in [6.07, 6.45) is 2.52. The molecular weight excluding hydrogens is 228 g/mol. The predicted octanol–water partition coefficient (Wildman–Crippen LogP) is 0.605. The maximum absolute atomic E-state index is 11.0. The van der Waals surface area contributed by atoms with Crippen molar-refractivity contribution in [2.75, 3.05) is 11.9 Å². The lowest BCUT2D eigenvalue weighted by Crippen LogP contribution is -2.25. The molecule has 2 N–H and O–H groups in total. The van der Waals surface area contributed by atoms with Crippen molar-refractivity contribution in [3.05, 3.63) is 16.4 Å². The number of aryl methyl sites for hydroxylation is 1. The first-order valence-corrected chi connectivity index (χ1v) is 5.09. The fourth-order valence-corrected chi connectivity index (χ4v) is 1.63. The summed E-state index contributed by atoms with van der Waals surface area (Å²) in [4.78, 5) is 24.7. The van der Waals surface area contributed by atoms with Crippen LogP contribution in [0.2, 0.25) is 0 Å². The van der Waals surface area contributed by atoms with Gasteiger partial charge < -0.3 is 20.5 Å². The Kier molecular flexibility index (Phi) is 2.49. The lowest BCUT2D eigenvalue weighted by atomic mass is 10.1. The van der Waals surface area contributed by atoms with Gasteiger partial charge in [-0.25, -0.2) is 0 Å². The smallest absolute Gasteiger partial charge is 0.406 e. The van der Waals surface area contributed by atoms with Gasteiger partial charge in [-0.15, -0.1) is 0 Å². The number of rotatable bonds is 5. The maximum Gasteiger partial charge on any atom is 0.406 e. The Hall–Kier alpha value is -2.12. The Labute approximate surface area is 96.4 Å². The van der Waals surface area contributed by atoms with Crippen LogP contribution in [0, 0.1) is 15.5 Å². The number of aromatic nitrogens is 2. The van der Waals surface area contributed by atoms with Gasteiger partial charge in [-0.05, 0) is 22.7 Å². The summed E-state index contributed by atoms with van der Waals surface area (Å²) in [5.41, 5.74) is -0.766. The van der Waals surface area contributed by atoms with Crippen molar-refractivity contribution < 1.29 is 14.8 Å². The maximum atomic E-state index is 11.0. The zero-order valence-electron chi connectivity index (χ0n) is 9.21. The van der Waals surface area contributed by atoms with E-state index in [1.54, 1.807) is 7.05 Å². The van der Waals surface area contributed by atoms with E-state index in [4.69, 9.17) is 5.11 Å². The van der Waals surface area contributed by atoms with Crippen LogP contribution in [0.4, 0.5) is 11.6 Å². The second kappa shape index (κ2) is 3.72. The first kappa shape index (κ1) is 11.4. The van der Waals surface area contributed by atoms with E-state index in [9.17, 15) is 14.9 Å². The molecule has 1 aliphatic rings. The van der Waals surface area contributed by atoms with Crippen LogP contribution < -0.4 is 5.32 Å². The molecule has 0 unspecified atom stereocenters. The number of carboxylic acid groups (broad SMARTS) is 1. The minimum atomic E-state index is -0.866. The van der Waals surface area contributed by atoms with Crippen molar-refractivity contribution in [1.82, 2.24) is 9.55 Å². The molecular formula is C9H12N4O4. The molecule has 0 spiro atoms. The minimum absolute atomic E-state index is 0.183. The Balaban J connectivity index is 2.12. The van der Waals surface area contributed by atoms with E-state index >= 15 is 0 Å². The molecule has 1 fully saturated rings. The van der Waals surface area contributed by atoms with Gasteiger partial charge in [-0.2, -0.15) is 0 Å². The molecule has 17 heavy (non-hydrogen) atoms.